The van der Waals surface area contributed by atoms with E-state index < -0.39 is 0 Å². The fourth-order valence-electron chi connectivity index (χ4n) is 3.19. The third-order valence-corrected chi connectivity index (χ3v) is 6.41. The molecule has 2 aromatic carbocycles. The van der Waals surface area contributed by atoms with E-state index in [-0.39, 0.29) is 11.7 Å². The van der Waals surface area contributed by atoms with Gasteiger partial charge in [-0.05, 0) is 64.4 Å². The molecule has 4 rings (SSSR count). The lowest BCUT2D eigenvalue weighted by atomic mass is 10.0. The number of halogens is 1. The number of carbonyl (C=O) groups excluding carboxylic acids is 1. The summed E-state index contributed by atoms with van der Waals surface area (Å²) in [5, 5.41) is 13.2. The highest BCUT2D eigenvalue weighted by molar-refractivity contribution is 14.1. The van der Waals surface area contributed by atoms with Crippen molar-refractivity contribution in [1.82, 2.24) is 14.8 Å². The summed E-state index contributed by atoms with van der Waals surface area (Å²) in [4.78, 5) is 12.5. The molecule has 8 heteroatoms. The van der Waals surface area contributed by atoms with Gasteiger partial charge in [0, 0.05) is 21.7 Å². The van der Waals surface area contributed by atoms with Crippen molar-refractivity contribution >= 4 is 56.9 Å². The van der Waals surface area contributed by atoms with Crippen LogP contribution >= 0.6 is 34.4 Å². The Hall–Kier alpha value is -2.33. The second kappa shape index (κ2) is 8.81. The van der Waals surface area contributed by atoms with Crippen molar-refractivity contribution in [2.75, 3.05) is 11.1 Å². The maximum Gasteiger partial charge on any atom is 0.234 e. The van der Waals surface area contributed by atoms with Gasteiger partial charge in [-0.15, -0.1) is 10.2 Å². The summed E-state index contributed by atoms with van der Waals surface area (Å²) in [5.41, 5.74) is 2.80. The molecule has 0 unspecified atom stereocenters. The molecule has 2 aromatic heterocycles. The number of carbonyl (C=O) groups is 1. The number of benzene rings is 2. The number of furan rings is 1. The van der Waals surface area contributed by atoms with Crippen LogP contribution in [-0.2, 0) is 11.8 Å². The smallest absolute Gasteiger partial charge is 0.234 e. The molecule has 6 nitrogen and oxygen atoms in total. The summed E-state index contributed by atoms with van der Waals surface area (Å²) in [7, 11) is 1.87. The number of thioether (sulfide) groups is 1. The molecule has 0 atom stereocenters. The van der Waals surface area contributed by atoms with Crippen molar-refractivity contribution < 1.29 is 9.21 Å². The largest absolute Gasteiger partial charge is 0.453 e. The lowest BCUT2D eigenvalue weighted by Crippen LogP contribution is -2.16. The number of para-hydroxylation sites is 1. The van der Waals surface area contributed by atoms with Crippen molar-refractivity contribution in [2.24, 2.45) is 7.05 Å². The van der Waals surface area contributed by atoms with Gasteiger partial charge in [-0.2, -0.15) is 0 Å². The van der Waals surface area contributed by atoms with Gasteiger partial charge in [0.2, 0.25) is 5.91 Å². The van der Waals surface area contributed by atoms with Crippen molar-refractivity contribution in [2.45, 2.75) is 24.9 Å². The van der Waals surface area contributed by atoms with E-state index in [1.54, 1.807) is 0 Å². The van der Waals surface area contributed by atoms with E-state index in [0.29, 0.717) is 22.7 Å². The molecule has 0 aliphatic rings. The number of hydrogen-bond donors (Lipinski definition) is 1. The van der Waals surface area contributed by atoms with Crippen LogP contribution < -0.4 is 5.32 Å². The zero-order chi connectivity index (χ0) is 21.3. The zero-order valence-electron chi connectivity index (χ0n) is 16.8. The van der Waals surface area contributed by atoms with Crippen LogP contribution in [0, 0.1) is 3.57 Å². The summed E-state index contributed by atoms with van der Waals surface area (Å²) in [6.45, 7) is 4.24. The molecule has 0 saturated carbocycles. The van der Waals surface area contributed by atoms with Crippen molar-refractivity contribution in [1.29, 1.82) is 0 Å². The van der Waals surface area contributed by atoms with Crippen molar-refractivity contribution in [3.8, 4) is 11.6 Å². The number of hydrogen-bond acceptors (Lipinski definition) is 5. The first-order valence-corrected chi connectivity index (χ1v) is 11.6. The molecule has 1 N–H and O–H groups in total. The van der Waals surface area contributed by atoms with Gasteiger partial charge in [-0.1, -0.05) is 43.8 Å². The van der Waals surface area contributed by atoms with E-state index in [1.165, 1.54) is 11.8 Å². The van der Waals surface area contributed by atoms with Gasteiger partial charge in [0.1, 0.15) is 5.58 Å². The van der Waals surface area contributed by atoms with Gasteiger partial charge in [0.15, 0.2) is 16.7 Å². The lowest BCUT2D eigenvalue weighted by Gasteiger charge is -2.14. The molecule has 0 aliphatic heterocycles. The lowest BCUT2D eigenvalue weighted by molar-refractivity contribution is -0.113. The Morgan fingerprint density at radius 2 is 2.00 bits per heavy atom. The molecule has 154 valence electrons. The number of fused-ring (bicyclic) bond motifs is 1. The van der Waals surface area contributed by atoms with Gasteiger partial charge in [-0.3, -0.25) is 4.79 Å². The van der Waals surface area contributed by atoms with Crippen LogP contribution in [0.3, 0.4) is 0 Å². The predicted octanol–water partition coefficient (Wildman–Crippen LogP) is 5.69. The van der Waals surface area contributed by atoms with E-state index >= 15 is 0 Å². The first-order chi connectivity index (χ1) is 14.4. The number of anilines is 1. The van der Waals surface area contributed by atoms with E-state index in [1.807, 2.05) is 54.1 Å². The molecule has 4 aromatic rings. The van der Waals surface area contributed by atoms with E-state index in [2.05, 4.69) is 58.0 Å². The van der Waals surface area contributed by atoms with Gasteiger partial charge >= 0.3 is 0 Å². The molecule has 2 heterocycles. The maximum atomic E-state index is 12.5. The zero-order valence-corrected chi connectivity index (χ0v) is 19.8. The fourth-order valence-corrected chi connectivity index (χ4v) is 4.42. The highest BCUT2D eigenvalue weighted by Gasteiger charge is 2.17. The molecule has 0 spiro atoms. The minimum Gasteiger partial charge on any atom is -0.453 e. The maximum absolute atomic E-state index is 12.5. The van der Waals surface area contributed by atoms with Gasteiger partial charge in [0.05, 0.1) is 5.75 Å². The molecule has 0 bridgehead atoms. The molecule has 0 radical (unpaired) electrons. The number of aromatic nitrogens is 3. The molecule has 0 fully saturated rings. The molecule has 30 heavy (non-hydrogen) atoms. The van der Waals surface area contributed by atoms with Gasteiger partial charge < -0.3 is 14.3 Å². The van der Waals surface area contributed by atoms with E-state index in [0.717, 1.165) is 25.8 Å². The molecular formula is C22H21IN4O2S. The Morgan fingerprint density at radius 1 is 1.20 bits per heavy atom. The highest BCUT2D eigenvalue weighted by atomic mass is 127. The average molecular weight is 532 g/mol. The van der Waals surface area contributed by atoms with Gasteiger partial charge in [0.25, 0.3) is 0 Å². The normalized spacial score (nSPS) is 11.4. The summed E-state index contributed by atoms with van der Waals surface area (Å²) in [6.07, 6.45) is 0. The molecule has 0 saturated heterocycles. The molecule has 1 amide bonds. The van der Waals surface area contributed by atoms with Crippen molar-refractivity contribution in [3.05, 3.63) is 57.7 Å². The quantitative estimate of drug-likeness (QED) is 0.255. The predicted molar refractivity (Wildman–Crippen MR) is 129 cm³/mol. The van der Waals surface area contributed by atoms with Crippen LogP contribution in [0.25, 0.3) is 22.6 Å². The standard InChI is InChI=1S/C22H21IN4O2S/c1-13(2)16-11-15(23)8-9-17(16)24-20(28)12-30-22-26-25-21(27(22)3)19-10-14-6-4-5-7-18(14)29-19/h4-11,13H,12H2,1-3H3,(H,24,28). The Morgan fingerprint density at radius 3 is 2.77 bits per heavy atom. The Labute approximate surface area is 192 Å². The summed E-state index contributed by atoms with van der Waals surface area (Å²) in [5.74, 6) is 1.79. The molecular weight excluding hydrogens is 511 g/mol. The second-order valence-electron chi connectivity index (χ2n) is 7.24. The SMILES string of the molecule is CC(C)c1cc(I)ccc1NC(=O)CSc1nnc(-c2cc3ccccc3o2)n1C. The van der Waals surface area contributed by atoms with Crippen LogP contribution in [0.15, 0.2) is 58.1 Å². The molecule has 0 aliphatic carbocycles. The first kappa shape index (κ1) is 20.9. The van der Waals surface area contributed by atoms with Crippen molar-refractivity contribution in [3.63, 3.8) is 0 Å². The Kier molecular flexibility index (Phi) is 6.14. The second-order valence-corrected chi connectivity index (χ2v) is 9.42. The first-order valence-electron chi connectivity index (χ1n) is 9.53. The summed E-state index contributed by atoms with van der Waals surface area (Å²) in [6, 6.07) is 15.8. The Bertz CT molecular complexity index is 1180. The van der Waals surface area contributed by atoms with Crippen LogP contribution in [0.5, 0.6) is 0 Å². The Balaban J connectivity index is 1.45. The van der Waals surface area contributed by atoms with E-state index in [9.17, 15) is 4.79 Å². The third kappa shape index (κ3) is 4.39. The summed E-state index contributed by atoms with van der Waals surface area (Å²) < 4.78 is 8.89. The average Bonchev–Trinajstić information content (AvgIpc) is 3.30. The van der Waals surface area contributed by atoms with Crippen LogP contribution in [0.1, 0.15) is 25.3 Å². The van der Waals surface area contributed by atoms with Crippen LogP contribution in [-0.4, -0.2) is 26.4 Å². The number of nitrogens with zero attached hydrogens (tertiary/aromatic N) is 3. The minimum atomic E-state index is -0.0728. The van der Waals surface area contributed by atoms with Crippen LogP contribution in [0.2, 0.25) is 0 Å². The fraction of sp³-hybridized carbons (Fsp3) is 0.227. The van der Waals surface area contributed by atoms with Crippen LogP contribution in [0.4, 0.5) is 5.69 Å². The van der Waals surface area contributed by atoms with Gasteiger partial charge in [-0.25, -0.2) is 0 Å². The number of rotatable bonds is 6. The number of nitrogens with one attached hydrogen (secondary N) is 1. The summed E-state index contributed by atoms with van der Waals surface area (Å²) >= 11 is 3.63. The third-order valence-electron chi connectivity index (χ3n) is 4.72. The minimum absolute atomic E-state index is 0.0728. The highest BCUT2D eigenvalue weighted by Crippen LogP contribution is 2.29. The van der Waals surface area contributed by atoms with E-state index in [4.69, 9.17) is 4.42 Å². The monoisotopic (exact) mass is 532 g/mol. The number of amides is 1. The topological polar surface area (TPSA) is 73.0 Å².